The number of ether oxygens (including phenoxy) is 1. The van der Waals surface area contributed by atoms with E-state index in [0.29, 0.717) is 23.3 Å². The second kappa shape index (κ2) is 6.90. The molecular formula is C17H14ClNO2S. The summed E-state index contributed by atoms with van der Waals surface area (Å²) >= 11 is 7.57. The van der Waals surface area contributed by atoms with Crippen LogP contribution in [0, 0.1) is 0 Å². The molecule has 1 aromatic heterocycles. The van der Waals surface area contributed by atoms with Crippen molar-refractivity contribution < 1.29 is 9.15 Å². The molecule has 0 aliphatic carbocycles. The highest BCUT2D eigenvalue weighted by atomic mass is 35.5. The number of oxazole rings is 1. The van der Waals surface area contributed by atoms with Crippen molar-refractivity contribution in [2.24, 2.45) is 0 Å². The van der Waals surface area contributed by atoms with Gasteiger partial charge in [0.05, 0.1) is 6.20 Å². The van der Waals surface area contributed by atoms with Crippen LogP contribution in [0.2, 0.25) is 5.02 Å². The molecule has 1 heterocycles. The van der Waals surface area contributed by atoms with Crippen LogP contribution in [0.15, 0.2) is 64.0 Å². The zero-order valence-electron chi connectivity index (χ0n) is 12.0. The molecule has 0 atom stereocenters. The van der Waals surface area contributed by atoms with E-state index >= 15 is 0 Å². The molecule has 5 heteroatoms. The summed E-state index contributed by atoms with van der Waals surface area (Å²) in [5.41, 5.74) is 0.937. The molecule has 112 valence electrons. The number of hydrogen-bond donors (Lipinski definition) is 0. The monoisotopic (exact) mass is 331 g/mol. The molecular weight excluding hydrogens is 318 g/mol. The maximum absolute atomic E-state index is 5.88. The van der Waals surface area contributed by atoms with Crippen molar-refractivity contribution in [3.63, 3.8) is 0 Å². The van der Waals surface area contributed by atoms with E-state index in [1.807, 2.05) is 54.8 Å². The average Bonchev–Trinajstić information content (AvgIpc) is 3.03. The molecule has 0 aliphatic heterocycles. The second-order valence-electron chi connectivity index (χ2n) is 4.59. The van der Waals surface area contributed by atoms with Crippen molar-refractivity contribution in [1.29, 1.82) is 0 Å². The van der Waals surface area contributed by atoms with Crippen LogP contribution in [0.1, 0.15) is 5.89 Å². The Morgan fingerprint density at radius 2 is 1.82 bits per heavy atom. The van der Waals surface area contributed by atoms with E-state index in [0.717, 1.165) is 11.3 Å². The molecule has 0 radical (unpaired) electrons. The molecule has 22 heavy (non-hydrogen) atoms. The molecule has 0 fully saturated rings. The van der Waals surface area contributed by atoms with Crippen LogP contribution in [0.4, 0.5) is 0 Å². The molecule has 0 saturated carbocycles. The van der Waals surface area contributed by atoms with Gasteiger partial charge in [-0.15, -0.1) is 11.8 Å². The van der Waals surface area contributed by atoms with Gasteiger partial charge in [0, 0.05) is 15.5 Å². The predicted molar refractivity (Wildman–Crippen MR) is 89.5 cm³/mol. The van der Waals surface area contributed by atoms with Gasteiger partial charge in [0.15, 0.2) is 12.4 Å². The Labute approximate surface area is 138 Å². The third kappa shape index (κ3) is 3.64. The maximum atomic E-state index is 5.88. The Hall–Kier alpha value is -1.91. The van der Waals surface area contributed by atoms with E-state index in [-0.39, 0.29) is 0 Å². The SMILES string of the molecule is CSc1ccc(OCc2ncc(-c3ccc(Cl)cc3)o2)cc1. The fraction of sp³-hybridized carbons (Fsp3) is 0.118. The lowest BCUT2D eigenvalue weighted by atomic mass is 10.2. The fourth-order valence-corrected chi connectivity index (χ4v) is 2.48. The lowest BCUT2D eigenvalue weighted by Crippen LogP contribution is -1.95. The van der Waals surface area contributed by atoms with Crippen molar-refractivity contribution in [2.75, 3.05) is 6.26 Å². The van der Waals surface area contributed by atoms with Crippen molar-refractivity contribution in [2.45, 2.75) is 11.5 Å². The molecule has 0 saturated heterocycles. The Kier molecular flexibility index (Phi) is 4.71. The fourth-order valence-electron chi connectivity index (χ4n) is 1.94. The van der Waals surface area contributed by atoms with Gasteiger partial charge >= 0.3 is 0 Å². The van der Waals surface area contributed by atoms with Crippen LogP contribution >= 0.6 is 23.4 Å². The minimum absolute atomic E-state index is 0.298. The molecule has 0 amide bonds. The number of thioether (sulfide) groups is 1. The van der Waals surface area contributed by atoms with E-state index < -0.39 is 0 Å². The average molecular weight is 332 g/mol. The highest BCUT2D eigenvalue weighted by molar-refractivity contribution is 7.98. The Balaban J connectivity index is 1.65. The van der Waals surface area contributed by atoms with E-state index in [4.69, 9.17) is 20.8 Å². The number of aromatic nitrogens is 1. The number of benzene rings is 2. The van der Waals surface area contributed by atoms with Crippen LogP contribution in [-0.2, 0) is 6.61 Å². The molecule has 3 nitrogen and oxygen atoms in total. The standard InChI is InChI=1S/C17H14ClNO2S/c1-22-15-8-6-14(7-9-15)20-11-17-19-10-16(21-17)12-2-4-13(18)5-3-12/h2-10H,11H2,1H3. The van der Waals surface area contributed by atoms with E-state index in [2.05, 4.69) is 4.98 Å². The van der Waals surface area contributed by atoms with Gasteiger partial charge in [-0.1, -0.05) is 11.6 Å². The molecule has 0 bridgehead atoms. The quantitative estimate of drug-likeness (QED) is 0.594. The minimum Gasteiger partial charge on any atom is -0.484 e. The van der Waals surface area contributed by atoms with Gasteiger partial charge in [-0.2, -0.15) is 0 Å². The molecule has 0 spiro atoms. The maximum Gasteiger partial charge on any atom is 0.232 e. The van der Waals surface area contributed by atoms with Crippen molar-refractivity contribution in [3.8, 4) is 17.1 Å². The second-order valence-corrected chi connectivity index (χ2v) is 5.91. The van der Waals surface area contributed by atoms with Gasteiger partial charge in [-0.25, -0.2) is 4.98 Å². The zero-order valence-corrected chi connectivity index (χ0v) is 13.5. The van der Waals surface area contributed by atoms with Crippen LogP contribution < -0.4 is 4.74 Å². The molecule has 0 unspecified atom stereocenters. The van der Waals surface area contributed by atoms with E-state index in [9.17, 15) is 0 Å². The summed E-state index contributed by atoms with van der Waals surface area (Å²) < 4.78 is 11.4. The normalized spacial score (nSPS) is 10.6. The molecule has 0 aliphatic rings. The molecule has 2 aromatic carbocycles. The molecule has 3 rings (SSSR count). The first kappa shape index (κ1) is 15.0. The summed E-state index contributed by atoms with van der Waals surface area (Å²) in [4.78, 5) is 5.44. The lowest BCUT2D eigenvalue weighted by molar-refractivity contribution is 0.264. The van der Waals surface area contributed by atoms with Crippen LogP contribution in [0.5, 0.6) is 5.75 Å². The van der Waals surface area contributed by atoms with Gasteiger partial charge in [0.25, 0.3) is 0 Å². The van der Waals surface area contributed by atoms with Crippen molar-refractivity contribution in [3.05, 3.63) is 65.6 Å². The summed E-state index contributed by atoms with van der Waals surface area (Å²) in [5, 5.41) is 0.695. The molecule has 3 aromatic rings. The third-order valence-corrected chi connectivity index (χ3v) is 4.10. The topological polar surface area (TPSA) is 35.3 Å². The third-order valence-electron chi connectivity index (χ3n) is 3.10. The molecule has 0 N–H and O–H groups in total. The summed E-state index contributed by atoms with van der Waals surface area (Å²) in [5.74, 6) is 2.04. The highest BCUT2D eigenvalue weighted by Gasteiger charge is 2.07. The smallest absolute Gasteiger partial charge is 0.232 e. The lowest BCUT2D eigenvalue weighted by Gasteiger charge is -2.04. The van der Waals surface area contributed by atoms with Crippen molar-refractivity contribution in [1.82, 2.24) is 4.98 Å². The van der Waals surface area contributed by atoms with E-state index in [1.165, 1.54) is 4.90 Å². The van der Waals surface area contributed by atoms with Crippen LogP contribution in [-0.4, -0.2) is 11.2 Å². The Morgan fingerprint density at radius 1 is 1.09 bits per heavy atom. The van der Waals surface area contributed by atoms with Gasteiger partial charge in [-0.05, 0) is 54.8 Å². The number of nitrogens with zero attached hydrogens (tertiary/aromatic N) is 1. The van der Waals surface area contributed by atoms with Gasteiger partial charge in [-0.3, -0.25) is 0 Å². The Bertz CT molecular complexity index is 738. The summed E-state index contributed by atoms with van der Waals surface area (Å²) in [6.45, 7) is 0.298. The largest absolute Gasteiger partial charge is 0.484 e. The predicted octanol–water partition coefficient (Wildman–Crippen LogP) is 5.30. The summed E-state index contributed by atoms with van der Waals surface area (Å²) in [6, 6.07) is 15.4. The first-order chi connectivity index (χ1) is 10.7. The number of halogens is 1. The number of hydrogen-bond acceptors (Lipinski definition) is 4. The van der Waals surface area contributed by atoms with Crippen molar-refractivity contribution >= 4 is 23.4 Å². The van der Waals surface area contributed by atoms with Gasteiger partial charge in [0.1, 0.15) is 5.75 Å². The highest BCUT2D eigenvalue weighted by Crippen LogP contribution is 2.23. The van der Waals surface area contributed by atoms with Crippen LogP contribution in [0.25, 0.3) is 11.3 Å². The first-order valence-electron chi connectivity index (χ1n) is 6.72. The van der Waals surface area contributed by atoms with Gasteiger partial charge < -0.3 is 9.15 Å². The summed E-state index contributed by atoms with van der Waals surface area (Å²) in [6.07, 6.45) is 3.74. The van der Waals surface area contributed by atoms with Gasteiger partial charge in [0.2, 0.25) is 5.89 Å². The van der Waals surface area contributed by atoms with Crippen LogP contribution in [0.3, 0.4) is 0 Å². The first-order valence-corrected chi connectivity index (χ1v) is 8.32. The number of rotatable bonds is 5. The minimum atomic E-state index is 0.298. The van der Waals surface area contributed by atoms with E-state index in [1.54, 1.807) is 18.0 Å². The summed E-state index contributed by atoms with van der Waals surface area (Å²) in [7, 11) is 0. The Morgan fingerprint density at radius 3 is 2.50 bits per heavy atom. The zero-order chi connectivity index (χ0) is 15.4.